The van der Waals surface area contributed by atoms with E-state index in [-0.39, 0.29) is 11.6 Å². The molecule has 96 valence electrons. The van der Waals surface area contributed by atoms with Crippen LogP contribution in [0.4, 0.5) is 0 Å². The van der Waals surface area contributed by atoms with Crippen LogP contribution in [0.3, 0.4) is 0 Å². The molecule has 3 aromatic heterocycles. The third kappa shape index (κ3) is 1.91. The second kappa shape index (κ2) is 4.31. The fraction of sp³-hybridized carbons (Fsp3) is 0.231. The van der Waals surface area contributed by atoms with Gasteiger partial charge in [-0.05, 0) is 26.0 Å². The van der Waals surface area contributed by atoms with Crippen molar-refractivity contribution in [2.24, 2.45) is 0 Å². The first kappa shape index (κ1) is 11.6. The molecule has 1 atom stereocenters. The molecular weight excluding hydrogens is 242 g/mol. The summed E-state index contributed by atoms with van der Waals surface area (Å²) in [6, 6.07) is 3.27. The number of hydrogen-bond donors (Lipinski definition) is 1. The van der Waals surface area contributed by atoms with Crippen LogP contribution >= 0.6 is 0 Å². The molecule has 3 heterocycles. The van der Waals surface area contributed by atoms with Crippen molar-refractivity contribution in [3.05, 3.63) is 52.7 Å². The first-order chi connectivity index (χ1) is 9.16. The van der Waals surface area contributed by atoms with Gasteiger partial charge in [-0.25, -0.2) is 15.0 Å². The van der Waals surface area contributed by atoms with Crippen LogP contribution in [0, 0.1) is 6.92 Å². The summed E-state index contributed by atoms with van der Waals surface area (Å²) < 4.78 is 1.56. The van der Waals surface area contributed by atoms with Crippen molar-refractivity contribution in [1.29, 1.82) is 0 Å². The van der Waals surface area contributed by atoms with E-state index in [9.17, 15) is 4.79 Å². The van der Waals surface area contributed by atoms with Crippen LogP contribution in [0.2, 0.25) is 0 Å². The minimum absolute atomic E-state index is 0.111. The number of nitrogens with one attached hydrogen (secondary N) is 1. The van der Waals surface area contributed by atoms with Crippen LogP contribution < -0.4 is 5.56 Å². The molecule has 0 bridgehead atoms. The van der Waals surface area contributed by atoms with Crippen molar-refractivity contribution in [3.8, 4) is 0 Å². The van der Waals surface area contributed by atoms with E-state index in [1.807, 2.05) is 13.8 Å². The molecule has 0 aliphatic carbocycles. The summed E-state index contributed by atoms with van der Waals surface area (Å²) in [6.45, 7) is 3.83. The highest BCUT2D eigenvalue weighted by atomic mass is 16.1. The van der Waals surface area contributed by atoms with Crippen molar-refractivity contribution < 1.29 is 0 Å². The lowest BCUT2D eigenvalue weighted by atomic mass is 10.3. The Morgan fingerprint density at radius 2 is 2.16 bits per heavy atom. The van der Waals surface area contributed by atoms with Gasteiger partial charge < -0.3 is 4.98 Å². The van der Waals surface area contributed by atoms with Gasteiger partial charge in [0, 0.05) is 18.1 Å². The van der Waals surface area contributed by atoms with E-state index < -0.39 is 0 Å². The molecule has 3 aromatic rings. The maximum atomic E-state index is 12.4. The lowest BCUT2D eigenvalue weighted by Gasteiger charge is -2.12. The minimum atomic E-state index is -0.196. The average molecular weight is 255 g/mol. The largest absolute Gasteiger partial charge is 0.344 e. The fourth-order valence-electron chi connectivity index (χ4n) is 2.03. The Labute approximate surface area is 109 Å². The second-order valence-electron chi connectivity index (χ2n) is 4.46. The third-order valence-electron chi connectivity index (χ3n) is 3.09. The molecule has 0 aliphatic heterocycles. The Morgan fingerprint density at radius 1 is 1.32 bits per heavy atom. The normalized spacial score (nSPS) is 12.7. The van der Waals surface area contributed by atoms with E-state index >= 15 is 0 Å². The number of aromatic amines is 1. The number of imidazole rings is 1. The number of hydrogen-bond acceptors (Lipinski definition) is 4. The molecule has 0 fully saturated rings. The predicted molar refractivity (Wildman–Crippen MR) is 70.9 cm³/mol. The van der Waals surface area contributed by atoms with Crippen LogP contribution in [0.25, 0.3) is 11.0 Å². The van der Waals surface area contributed by atoms with E-state index in [4.69, 9.17) is 0 Å². The van der Waals surface area contributed by atoms with Crippen molar-refractivity contribution in [2.45, 2.75) is 19.9 Å². The number of fused-ring (bicyclic) bond motifs is 1. The molecule has 1 N–H and O–H groups in total. The van der Waals surface area contributed by atoms with Crippen LogP contribution in [0.1, 0.15) is 24.5 Å². The first-order valence-corrected chi connectivity index (χ1v) is 6.00. The van der Waals surface area contributed by atoms with Gasteiger partial charge in [0.2, 0.25) is 0 Å². The molecule has 0 amide bonds. The SMILES string of the molecule is Cc1cnc([C@H](C)n2cnc3ncccc3c2=O)[nH]1. The zero-order chi connectivity index (χ0) is 13.4. The van der Waals surface area contributed by atoms with Crippen LogP contribution in [-0.4, -0.2) is 24.5 Å². The fourth-order valence-corrected chi connectivity index (χ4v) is 2.03. The molecule has 0 aliphatic rings. The number of nitrogens with zero attached hydrogens (tertiary/aromatic N) is 4. The number of aryl methyl sites for hydroxylation is 1. The number of rotatable bonds is 2. The van der Waals surface area contributed by atoms with Gasteiger partial charge in [0.15, 0.2) is 5.65 Å². The summed E-state index contributed by atoms with van der Waals surface area (Å²) in [4.78, 5) is 28.1. The van der Waals surface area contributed by atoms with E-state index in [0.29, 0.717) is 11.0 Å². The molecular formula is C13H13N5O. The van der Waals surface area contributed by atoms with Crippen molar-refractivity contribution in [3.63, 3.8) is 0 Å². The maximum Gasteiger partial charge on any atom is 0.263 e. The summed E-state index contributed by atoms with van der Waals surface area (Å²) in [5, 5.41) is 0.514. The van der Waals surface area contributed by atoms with Crippen molar-refractivity contribution >= 4 is 11.0 Å². The molecule has 6 nitrogen and oxygen atoms in total. The van der Waals surface area contributed by atoms with E-state index in [1.165, 1.54) is 6.33 Å². The molecule has 19 heavy (non-hydrogen) atoms. The number of pyridine rings is 1. The summed E-state index contributed by atoms with van der Waals surface area (Å²) in [7, 11) is 0. The van der Waals surface area contributed by atoms with Gasteiger partial charge >= 0.3 is 0 Å². The van der Waals surface area contributed by atoms with Gasteiger partial charge in [0.25, 0.3) is 5.56 Å². The van der Waals surface area contributed by atoms with Gasteiger partial charge in [-0.2, -0.15) is 0 Å². The monoisotopic (exact) mass is 255 g/mol. The van der Waals surface area contributed by atoms with E-state index in [1.54, 1.807) is 29.1 Å². The Morgan fingerprint density at radius 3 is 2.89 bits per heavy atom. The van der Waals surface area contributed by atoms with Gasteiger partial charge in [-0.15, -0.1) is 0 Å². The first-order valence-electron chi connectivity index (χ1n) is 6.00. The molecule has 0 saturated heterocycles. The summed E-state index contributed by atoms with van der Waals surface area (Å²) >= 11 is 0. The Bertz CT molecular complexity index is 789. The predicted octanol–water partition coefficient (Wildman–Crippen LogP) is 1.43. The molecule has 3 rings (SSSR count). The van der Waals surface area contributed by atoms with Gasteiger partial charge in [0.1, 0.15) is 12.2 Å². The third-order valence-corrected chi connectivity index (χ3v) is 3.09. The highest BCUT2D eigenvalue weighted by molar-refractivity contribution is 5.72. The van der Waals surface area contributed by atoms with Crippen LogP contribution in [0.15, 0.2) is 35.6 Å². The summed E-state index contributed by atoms with van der Waals surface area (Å²) in [6.07, 6.45) is 4.88. The molecule has 0 saturated carbocycles. The zero-order valence-electron chi connectivity index (χ0n) is 10.7. The molecule has 0 spiro atoms. The summed E-state index contributed by atoms with van der Waals surface area (Å²) in [5.41, 5.74) is 1.32. The molecule has 0 radical (unpaired) electrons. The standard InChI is InChI=1S/C13H13N5O/c1-8-6-15-11(17-8)9(2)18-7-16-12-10(13(18)19)4-3-5-14-12/h3-7,9H,1-2H3,(H,15,17)/t9-/m0/s1. The maximum absolute atomic E-state index is 12.4. The van der Waals surface area contributed by atoms with Gasteiger partial charge in [0.05, 0.1) is 11.4 Å². The lowest BCUT2D eigenvalue weighted by Crippen LogP contribution is -2.25. The quantitative estimate of drug-likeness (QED) is 0.751. The van der Waals surface area contributed by atoms with Gasteiger partial charge in [-0.3, -0.25) is 9.36 Å². The zero-order valence-corrected chi connectivity index (χ0v) is 10.7. The van der Waals surface area contributed by atoms with Gasteiger partial charge in [-0.1, -0.05) is 0 Å². The van der Waals surface area contributed by atoms with Crippen molar-refractivity contribution in [2.75, 3.05) is 0 Å². The van der Waals surface area contributed by atoms with Crippen molar-refractivity contribution in [1.82, 2.24) is 24.5 Å². The van der Waals surface area contributed by atoms with Crippen LogP contribution in [-0.2, 0) is 0 Å². The Kier molecular flexibility index (Phi) is 2.63. The number of aromatic nitrogens is 5. The average Bonchev–Trinajstić information content (AvgIpc) is 2.85. The lowest BCUT2D eigenvalue weighted by molar-refractivity contribution is 0.579. The molecule has 0 aromatic carbocycles. The molecule has 6 heteroatoms. The second-order valence-corrected chi connectivity index (χ2v) is 4.46. The smallest absolute Gasteiger partial charge is 0.263 e. The van der Waals surface area contributed by atoms with Crippen LogP contribution in [0.5, 0.6) is 0 Å². The minimum Gasteiger partial charge on any atom is -0.344 e. The van der Waals surface area contributed by atoms with E-state index in [0.717, 1.165) is 11.5 Å². The Hall–Kier alpha value is -2.50. The molecule has 0 unspecified atom stereocenters. The number of H-pyrrole nitrogens is 1. The highest BCUT2D eigenvalue weighted by Crippen LogP contribution is 2.13. The topological polar surface area (TPSA) is 76.5 Å². The summed E-state index contributed by atoms with van der Waals surface area (Å²) in [5.74, 6) is 0.740. The highest BCUT2D eigenvalue weighted by Gasteiger charge is 2.14. The van der Waals surface area contributed by atoms with E-state index in [2.05, 4.69) is 19.9 Å². The Balaban J connectivity index is 2.15.